The summed E-state index contributed by atoms with van der Waals surface area (Å²) in [4.78, 5) is 59.9. The average Bonchev–Trinajstić information content (AvgIpc) is 2.98. The molecule has 0 saturated carbocycles. The van der Waals surface area contributed by atoms with Crippen LogP contribution in [0, 0.1) is 0 Å². The highest BCUT2D eigenvalue weighted by Crippen LogP contribution is 2.17. The maximum Gasteiger partial charge on any atom is 0.333 e. The number of benzene rings is 2. The van der Waals surface area contributed by atoms with Crippen LogP contribution < -0.4 is 0 Å². The van der Waals surface area contributed by atoms with Gasteiger partial charge in [0.25, 0.3) is 12.4 Å². The minimum Gasteiger partial charge on any atom is -0.481 e. The van der Waals surface area contributed by atoms with Gasteiger partial charge in [-0.05, 0) is 25.0 Å². The van der Waals surface area contributed by atoms with Crippen molar-refractivity contribution in [3.05, 3.63) is 85.0 Å². The number of hydrogen-bond acceptors (Lipinski definition) is 11. The molecule has 0 atom stereocenters. The Morgan fingerprint density at radius 3 is 1.07 bits per heavy atom. The molecule has 0 aromatic heterocycles. The highest BCUT2D eigenvalue weighted by molar-refractivity contribution is 5.87. The molecule has 12 heteroatoms. The summed E-state index contributed by atoms with van der Waals surface area (Å²) < 4.78 is 22.2. The van der Waals surface area contributed by atoms with Crippen LogP contribution in [0.15, 0.2) is 85.0 Å². The molecule has 0 aliphatic carbocycles. The molecule has 0 heterocycles. The number of aliphatic carboxylic acids is 1. The zero-order valence-corrected chi connectivity index (χ0v) is 26.0. The monoisotopic (exact) mass is 618 g/mol. The molecule has 0 spiro atoms. The van der Waals surface area contributed by atoms with Gasteiger partial charge in [-0.3, -0.25) is 19.2 Å². The van der Waals surface area contributed by atoms with Gasteiger partial charge in [-0.2, -0.15) is 0 Å². The Morgan fingerprint density at radius 1 is 0.614 bits per heavy atom. The summed E-state index contributed by atoms with van der Waals surface area (Å²) in [5, 5.41) is 7.42. The second-order valence-electron chi connectivity index (χ2n) is 8.10. The van der Waals surface area contributed by atoms with Gasteiger partial charge in [0.05, 0.1) is 7.11 Å². The van der Waals surface area contributed by atoms with Crippen molar-refractivity contribution in [2.24, 2.45) is 0 Å². The van der Waals surface area contributed by atoms with Crippen molar-refractivity contribution in [2.75, 3.05) is 33.5 Å². The van der Waals surface area contributed by atoms with Crippen molar-refractivity contribution in [1.29, 1.82) is 0 Å². The summed E-state index contributed by atoms with van der Waals surface area (Å²) in [5.41, 5.74) is 3.21. The topological polar surface area (TPSA) is 169 Å². The smallest absolute Gasteiger partial charge is 0.333 e. The van der Waals surface area contributed by atoms with E-state index in [1.54, 1.807) is 13.8 Å². The fourth-order valence-corrected chi connectivity index (χ4v) is 2.15. The highest BCUT2D eigenvalue weighted by Gasteiger charge is 2.03. The van der Waals surface area contributed by atoms with Crippen LogP contribution in [0.4, 0.5) is 0 Å². The first kappa shape index (κ1) is 43.2. The number of carboxylic acid groups (broad SMARTS) is 1. The Labute approximate surface area is 258 Å². The number of methoxy groups -OCH3 is 1. The SMILES string of the molecule is C=C(C)C(=O)OCCOC(C)=O.C=C(C)C(=O)OCCOC(C)=O.CC(=O)O.COC=O.c1ccc(-c2ccccc2)cc1. The maximum absolute atomic E-state index is 10.7. The van der Waals surface area contributed by atoms with Crippen LogP contribution in [-0.2, 0) is 52.5 Å². The zero-order chi connectivity index (χ0) is 34.3. The van der Waals surface area contributed by atoms with Gasteiger partial charge < -0.3 is 28.8 Å². The molecule has 1 N–H and O–H groups in total. The molecule has 242 valence electrons. The first-order valence-electron chi connectivity index (χ1n) is 12.9. The molecule has 0 bridgehead atoms. The van der Waals surface area contributed by atoms with Crippen LogP contribution >= 0.6 is 0 Å². The number of carbonyl (C=O) groups excluding carboxylic acids is 5. The molecular formula is C32H42O12. The lowest BCUT2D eigenvalue weighted by molar-refractivity contribution is -0.148. The number of hydrogen-bond donors (Lipinski definition) is 1. The highest BCUT2D eigenvalue weighted by atomic mass is 16.6. The van der Waals surface area contributed by atoms with Crippen LogP contribution in [0.25, 0.3) is 11.1 Å². The summed E-state index contributed by atoms with van der Waals surface area (Å²) >= 11 is 0. The van der Waals surface area contributed by atoms with Crippen LogP contribution in [0.2, 0.25) is 0 Å². The molecule has 2 aromatic rings. The largest absolute Gasteiger partial charge is 0.481 e. The molecule has 0 unspecified atom stereocenters. The summed E-state index contributed by atoms with van der Waals surface area (Å²) in [6.45, 7) is 14.2. The number of carbonyl (C=O) groups is 6. The van der Waals surface area contributed by atoms with Crippen LogP contribution in [0.3, 0.4) is 0 Å². The van der Waals surface area contributed by atoms with Crippen molar-refractivity contribution >= 4 is 36.3 Å². The van der Waals surface area contributed by atoms with Gasteiger partial charge in [0.15, 0.2) is 0 Å². The first-order valence-corrected chi connectivity index (χ1v) is 12.9. The van der Waals surface area contributed by atoms with Gasteiger partial charge in [-0.25, -0.2) is 9.59 Å². The Bertz CT molecular complexity index is 1060. The molecule has 0 aliphatic heterocycles. The molecule has 2 rings (SSSR count). The summed E-state index contributed by atoms with van der Waals surface area (Å²) in [6, 6.07) is 20.8. The summed E-state index contributed by atoms with van der Waals surface area (Å²) in [7, 11) is 1.31. The van der Waals surface area contributed by atoms with E-state index in [2.05, 4.69) is 85.4 Å². The van der Waals surface area contributed by atoms with E-state index in [0.29, 0.717) is 17.6 Å². The van der Waals surface area contributed by atoms with E-state index in [1.165, 1.54) is 32.1 Å². The third-order valence-corrected chi connectivity index (χ3v) is 3.92. The van der Waals surface area contributed by atoms with Gasteiger partial charge in [0.1, 0.15) is 26.4 Å². The van der Waals surface area contributed by atoms with Crippen molar-refractivity contribution in [3.8, 4) is 11.1 Å². The zero-order valence-electron chi connectivity index (χ0n) is 26.0. The number of ether oxygens (including phenoxy) is 5. The third-order valence-electron chi connectivity index (χ3n) is 3.92. The summed E-state index contributed by atoms with van der Waals surface area (Å²) in [5.74, 6) is -2.55. The van der Waals surface area contributed by atoms with Crippen molar-refractivity contribution in [1.82, 2.24) is 0 Å². The van der Waals surface area contributed by atoms with E-state index >= 15 is 0 Å². The molecule has 2 aromatic carbocycles. The van der Waals surface area contributed by atoms with E-state index in [9.17, 15) is 19.2 Å². The lowest BCUT2D eigenvalue weighted by Gasteiger charge is -2.03. The first-order chi connectivity index (χ1) is 20.7. The number of esters is 4. The fourth-order valence-electron chi connectivity index (χ4n) is 2.15. The van der Waals surface area contributed by atoms with Gasteiger partial charge in [0.2, 0.25) is 0 Å². The minimum absolute atomic E-state index is 0.0747. The van der Waals surface area contributed by atoms with E-state index < -0.39 is 17.9 Å². The Kier molecular flexibility index (Phi) is 28.7. The second kappa shape index (κ2) is 29.2. The quantitative estimate of drug-likeness (QED) is 0.130. The number of carboxylic acids is 1. The van der Waals surface area contributed by atoms with E-state index in [1.807, 2.05) is 12.1 Å². The fraction of sp³-hybridized carbons (Fsp3) is 0.312. The lowest BCUT2D eigenvalue weighted by Crippen LogP contribution is -2.12. The lowest BCUT2D eigenvalue weighted by atomic mass is 10.1. The van der Waals surface area contributed by atoms with E-state index in [-0.39, 0.29) is 38.4 Å². The molecule has 0 aliphatic rings. The normalized spacial score (nSPS) is 8.50. The predicted octanol–water partition coefficient (Wildman–Crippen LogP) is 4.57. The molecule has 12 nitrogen and oxygen atoms in total. The van der Waals surface area contributed by atoms with Gasteiger partial charge in [0, 0.05) is 31.9 Å². The maximum atomic E-state index is 10.7. The average molecular weight is 619 g/mol. The van der Waals surface area contributed by atoms with E-state index in [4.69, 9.17) is 14.7 Å². The molecule has 0 amide bonds. The van der Waals surface area contributed by atoms with Gasteiger partial charge in [-0.15, -0.1) is 0 Å². The Balaban J connectivity index is -0.000000510. The third kappa shape index (κ3) is 32.9. The van der Waals surface area contributed by atoms with Crippen molar-refractivity contribution in [3.63, 3.8) is 0 Å². The van der Waals surface area contributed by atoms with Crippen LogP contribution in [0.5, 0.6) is 0 Å². The Hall–Kier alpha value is -5.26. The van der Waals surface area contributed by atoms with Crippen LogP contribution in [-0.4, -0.2) is 75.0 Å². The predicted molar refractivity (Wildman–Crippen MR) is 163 cm³/mol. The second-order valence-corrected chi connectivity index (χ2v) is 8.10. The van der Waals surface area contributed by atoms with Crippen molar-refractivity contribution < 1.29 is 57.6 Å². The van der Waals surface area contributed by atoms with Gasteiger partial charge in [-0.1, -0.05) is 73.8 Å². The number of rotatable bonds is 10. The molecule has 0 saturated heterocycles. The Morgan fingerprint density at radius 2 is 0.864 bits per heavy atom. The standard InChI is InChI=1S/C12H10.2C8H12O4.2C2H4O2/c1-3-7-11(8-4-1)12-9-5-2-6-10-12;2*1-6(2)8(10)12-5-4-11-7(3)9;1-4-2-3;1-2(3)4/h1-10H;2*1,4-5H2,2-3H3;2H,1H3;1H3,(H,3,4). The molecule has 44 heavy (non-hydrogen) atoms. The van der Waals surface area contributed by atoms with Crippen molar-refractivity contribution in [2.45, 2.75) is 34.6 Å². The van der Waals surface area contributed by atoms with E-state index in [0.717, 1.165) is 6.92 Å². The molecule has 0 fully saturated rings. The van der Waals surface area contributed by atoms with Crippen LogP contribution in [0.1, 0.15) is 34.6 Å². The minimum atomic E-state index is -0.833. The van der Waals surface area contributed by atoms with Gasteiger partial charge >= 0.3 is 23.9 Å². The molecular weight excluding hydrogens is 576 g/mol. The summed E-state index contributed by atoms with van der Waals surface area (Å²) in [6.07, 6.45) is 0. The molecule has 0 radical (unpaired) electrons.